The van der Waals surface area contributed by atoms with Gasteiger partial charge < -0.3 is 5.73 Å². The largest absolute Gasteiger partial charge is 0.381 e. The van der Waals surface area contributed by atoms with Crippen LogP contribution >= 0.6 is 11.6 Å². The first-order valence-corrected chi connectivity index (χ1v) is 2.65. The van der Waals surface area contributed by atoms with Gasteiger partial charge in [-0.05, 0) is 12.1 Å². The summed E-state index contributed by atoms with van der Waals surface area (Å²) in [6.07, 6.45) is 0. The second-order valence-corrected chi connectivity index (χ2v) is 1.89. The molecule has 2 nitrogen and oxygen atoms in total. The van der Waals surface area contributed by atoms with Crippen molar-refractivity contribution in [1.82, 2.24) is 4.98 Å². The number of hydrogen-bond donors (Lipinski definition) is 1. The van der Waals surface area contributed by atoms with E-state index in [0.717, 1.165) is 0 Å². The van der Waals surface area contributed by atoms with Crippen LogP contribution in [0.4, 0.5) is 10.2 Å². The van der Waals surface area contributed by atoms with E-state index in [1.165, 1.54) is 12.1 Å². The maximum atomic E-state index is 12.3. The van der Waals surface area contributed by atoms with E-state index in [-0.39, 0.29) is 11.0 Å². The first-order chi connectivity index (χ1) is 4.20. The van der Waals surface area contributed by atoms with E-state index in [0.29, 0.717) is 0 Å². The topological polar surface area (TPSA) is 38.9 Å². The average molecular weight is 147 g/mol. The van der Waals surface area contributed by atoms with Gasteiger partial charge in [-0.2, -0.15) is 0 Å². The standard InChI is InChI=1S/C5H4ClFN2/c6-4-2-1-3(7)5(8)9-4/h1-2H,(H2,8,9). The van der Waals surface area contributed by atoms with E-state index in [1.54, 1.807) is 0 Å². The smallest absolute Gasteiger partial charge is 0.165 e. The van der Waals surface area contributed by atoms with Crippen molar-refractivity contribution in [3.05, 3.63) is 23.1 Å². The highest BCUT2D eigenvalue weighted by Gasteiger charge is 1.97. The Kier molecular flexibility index (Phi) is 1.53. The minimum Gasteiger partial charge on any atom is -0.381 e. The number of anilines is 1. The summed E-state index contributed by atoms with van der Waals surface area (Å²) in [5.41, 5.74) is 5.05. The van der Waals surface area contributed by atoms with Gasteiger partial charge in [0.25, 0.3) is 0 Å². The number of rotatable bonds is 0. The zero-order chi connectivity index (χ0) is 6.85. The number of nitrogen functional groups attached to an aromatic ring is 1. The maximum absolute atomic E-state index is 12.3. The van der Waals surface area contributed by atoms with Crippen LogP contribution in [-0.4, -0.2) is 4.98 Å². The Balaban J connectivity index is 3.17. The van der Waals surface area contributed by atoms with E-state index in [1.807, 2.05) is 0 Å². The molecular weight excluding hydrogens is 143 g/mol. The van der Waals surface area contributed by atoms with Crippen LogP contribution in [0.15, 0.2) is 12.1 Å². The molecule has 0 spiro atoms. The molecule has 0 unspecified atom stereocenters. The Hall–Kier alpha value is -0.830. The molecule has 1 aromatic heterocycles. The van der Waals surface area contributed by atoms with Gasteiger partial charge in [-0.25, -0.2) is 9.37 Å². The minimum atomic E-state index is -0.542. The monoisotopic (exact) mass is 146 g/mol. The first kappa shape index (κ1) is 6.29. The van der Waals surface area contributed by atoms with Crippen LogP contribution < -0.4 is 5.73 Å². The molecule has 48 valence electrons. The Morgan fingerprint density at radius 1 is 1.56 bits per heavy atom. The van der Waals surface area contributed by atoms with Crippen LogP contribution in [0.25, 0.3) is 0 Å². The molecule has 0 saturated carbocycles. The van der Waals surface area contributed by atoms with Crippen LogP contribution in [0.5, 0.6) is 0 Å². The van der Waals surface area contributed by atoms with Crippen molar-refractivity contribution in [2.24, 2.45) is 0 Å². The van der Waals surface area contributed by atoms with Gasteiger partial charge in [0, 0.05) is 0 Å². The van der Waals surface area contributed by atoms with E-state index in [9.17, 15) is 4.39 Å². The Morgan fingerprint density at radius 2 is 2.22 bits per heavy atom. The van der Waals surface area contributed by atoms with E-state index >= 15 is 0 Å². The summed E-state index contributed by atoms with van der Waals surface area (Å²) in [6.45, 7) is 0. The molecule has 2 N–H and O–H groups in total. The Morgan fingerprint density at radius 3 is 2.67 bits per heavy atom. The molecular formula is C5H4ClFN2. The van der Waals surface area contributed by atoms with Gasteiger partial charge in [-0.1, -0.05) is 11.6 Å². The highest BCUT2D eigenvalue weighted by molar-refractivity contribution is 6.29. The number of aromatic nitrogens is 1. The molecule has 0 bridgehead atoms. The zero-order valence-electron chi connectivity index (χ0n) is 4.44. The number of pyridine rings is 1. The fourth-order valence-corrected chi connectivity index (χ4v) is 0.587. The summed E-state index contributed by atoms with van der Waals surface area (Å²) >= 11 is 5.36. The first-order valence-electron chi connectivity index (χ1n) is 2.27. The lowest BCUT2D eigenvalue weighted by molar-refractivity contribution is 0.627. The van der Waals surface area contributed by atoms with Gasteiger partial charge in [0.15, 0.2) is 11.6 Å². The molecule has 0 radical (unpaired) electrons. The van der Waals surface area contributed by atoms with Crippen molar-refractivity contribution in [1.29, 1.82) is 0 Å². The molecule has 0 aliphatic rings. The number of hydrogen-bond acceptors (Lipinski definition) is 2. The second-order valence-electron chi connectivity index (χ2n) is 1.50. The quantitative estimate of drug-likeness (QED) is 0.563. The molecule has 0 aliphatic heterocycles. The summed E-state index contributed by atoms with van der Waals surface area (Å²) < 4.78 is 12.3. The van der Waals surface area contributed by atoms with Crippen molar-refractivity contribution in [2.75, 3.05) is 5.73 Å². The molecule has 9 heavy (non-hydrogen) atoms. The molecule has 0 saturated heterocycles. The lowest BCUT2D eigenvalue weighted by atomic mass is 10.4. The van der Waals surface area contributed by atoms with Crippen molar-refractivity contribution >= 4 is 17.4 Å². The fraction of sp³-hybridized carbons (Fsp3) is 0. The predicted molar refractivity (Wildman–Crippen MR) is 33.6 cm³/mol. The van der Waals surface area contributed by atoms with Crippen LogP contribution in [0.2, 0.25) is 5.15 Å². The highest BCUT2D eigenvalue weighted by atomic mass is 35.5. The fourth-order valence-electron chi connectivity index (χ4n) is 0.433. The third-order valence-electron chi connectivity index (χ3n) is 0.839. The summed E-state index contributed by atoms with van der Waals surface area (Å²) in [5, 5.41) is 0.203. The molecule has 0 aliphatic carbocycles. The second kappa shape index (κ2) is 2.19. The van der Waals surface area contributed by atoms with Crippen LogP contribution in [0.3, 0.4) is 0 Å². The number of nitrogens with two attached hydrogens (primary N) is 1. The molecule has 0 atom stereocenters. The molecule has 0 amide bonds. The van der Waals surface area contributed by atoms with Crippen molar-refractivity contribution in [2.45, 2.75) is 0 Å². The summed E-state index contributed by atoms with van der Waals surface area (Å²) in [7, 11) is 0. The third kappa shape index (κ3) is 1.29. The zero-order valence-corrected chi connectivity index (χ0v) is 5.19. The summed E-state index contributed by atoms with van der Waals surface area (Å²) in [6, 6.07) is 2.51. The average Bonchev–Trinajstić information content (AvgIpc) is 1.80. The summed E-state index contributed by atoms with van der Waals surface area (Å²) in [4.78, 5) is 3.44. The lowest BCUT2D eigenvalue weighted by Gasteiger charge is -1.92. The predicted octanol–water partition coefficient (Wildman–Crippen LogP) is 1.46. The number of nitrogens with zero attached hydrogens (tertiary/aromatic N) is 1. The van der Waals surface area contributed by atoms with E-state index < -0.39 is 5.82 Å². The molecule has 0 aromatic carbocycles. The summed E-state index contributed by atoms with van der Waals surface area (Å²) in [5.74, 6) is -0.707. The molecule has 4 heteroatoms. The van der Waals surface area contributed by atoms with E-state index in [2.05, 4.69) is 4.98 Å². The Bertz CT molecular complexity index is 226. The lowest BCUT2D eigenvalue weighted by Crippen LogP contribution is -1.93. The van der Waals surface area contributed by atoms with Gasteiger partial charge in [-0.3, -0.25) is 0 Å². The highest BCUT2D eigenvalue weighted by Crippen LogP contribution is 2.10. The SMILES string of the molecule is Nc1nc(Cl)ccc1F. The number of halogens is 2. The Labute approximate surface area is 56.5 Å². The van der Waals surface area contributed by atoms with Crippen molar-refractivity contribution < 1.29 is 4.39 Å². The van der Waals surface area contributed by atoms with Crippen LogP contribution in [0.1, 0.15) is 0 Å². The van der Waals surface area contributed by atoms with Crippen molar-refractivity contribution in [3.63, 3.8) is 0 Å². The minimum absolute atomic E-state index is 0.164. The normalized spacial score (nSPS) is 9.56. The van der Waals surface area contributed by atoms with Gasteiger partial charge in [-0.15, -0.1) is 0 Å². The molecule has 0 fully saturated rings. The van der Waals surface area contributed by atoms with Gasteiger partial charge >= 0.3 is 0 Å². The molecule has 1 heterocycles. The van der Waals surface area contributed by atoms with Gasteiger partial charge in [0.1, 0.15) is 5.15 Å². The van der Waals surface area contributed by atoms with Gasteiger partial charge in [0.05, 0.1) is 0 Å². The van der Waals surface area contributed by atoms with Crippen LogP contribution in [-0.2, 0) is 0 Å². The van der Waals surface area contributed by atoms with Gasteiger partial charge in [0.2, 0.25) is 0 Å². The third-order valence-corrected chi connectivity index (χ3v) is 1.05. The van der Waals surface area contributed by atoms with E-state index in [4.69, 9.17) is 17.3 Å². The molecule has 1 aromatic rings. The molecule has 1 rings (SSSR count). The van der Waals surface area contributed by atoms with Crippen molar-refractivity contribution in [3.8, 4) is 0 Å². The van der Waals surface area contributed by atoms with Crippen LogP contribution in [0, 0.1) is 5.82 Å². The maximum Gasteiger partial charge on any atom is 0.165 e.